The van der Waals surface area contributed by atoms with Gasteiger partial charge in [0.2, 0.25) is 5.91 Å². The van der Waals surface area contributed by atoms with Gasteiger partial charge in [0.15, 0.2) is 0 Å². The standard InChI is InChI=1S/C16H22N2O/c19-16(12-17-11-13-5-6-13)18-9-7-14-3-1-2-4-15(14)8-10-18/h1-4,13,17H,5-12H2. The monoisotopic (exact) mass is 258 g/mol. The van der Waals surface area contributed by atoms with Gasteiger partial charge in [0, 0.05) is 13.1 Å². The van der Waals surface area contributed by atoms with Crippen LogP contribution in [0.25, 0.3) is 0 Å². The Labute approximate surface area is 115 Å². The number of rotatable bonds is 4. The van der Waals surface area contributed by atoms with Gasteiger partial charge < -0.3 is 10.2 Å². The van der Waals surface area contributed by atoms with Gasteiger partial charge in [0.05, 0.1) is 6.54 Å². The largest absolute Gasteiger partial charge is 0.341 e. The Hall–Kier alpha value is -1.35. The normalized spacial score (nSPS) is 18.8. The van der Waals surface area contributed by atoms with E-state index in [-0.39, 0.29) is 5.91 Å². The van der Waals surface area contributed by atoms with Crippen LogP contribution in [0.3, 0.4) is 0 Å². The van der Waals surface area contributed by atoms with Crippen molar-refractivity contribution in [2.75, 3.05) is 26.2 Å². The first-order valence-electron chi connectivity index (χ1n) is 7.38. The van der Waals surface area contributed by atoms with E-state index >= 15 is 0 Å². The molecule has 1 aliphatic heterocycles. The van der Waals surface area contributed by atoms with E-state index in [0.29, 0.717) is 6.54 Å². The molecule has 1 aromatic carbocycles. The van der Waals surface area contributed by atoms with Crippen LogP contribution in [0.15, 0.2) is 24.3 Å². The van der Waals surface area contributed by atoms with Crippen LogP contribution < -0.4 is 5.32 Å². The van der Waals surface area contributed by atoms with E-state index in [1.807, 2.05) is 4.90 Å². The molecule has 1 heterocycles. The third-order valence-electron chi connectivity index (χ3n) is 4.18. The molecule has 3 heteroatoms. The summed E-state index contributed by atoms with van der Waals surface area (Å²) in [7, 11) is 0. The third kappa shape index (κ3) is 3.35. The summed E-state index contributed by atoms with van der Waals surface area (Å²) in [4.78, 5) is 14.2. The Balaban J connectivity index is 1.51. The maximum atomic E-state index is 12.2. The summed E-state index contributed by atoms with van der Waals surface area (Å²) in [6, 6.07) is 8.56. The van der Waals surface area contributed by atoms with Crippen molar-refractivity contribution < 1.29 is 4.79 Å². The molecular weight excluding hydrogens is 236 g/mol. The van der Waals surface area contributed by atoms with E-state index in [4.69, 9.17) is 0 Å². The van der Waals surface area contributed by atoms with Gasteiger partial charge in [-0.3, -0.25) is 4.79 Å². The number of nitrogens with one attached hydrogen (secondary N) is 1. The lowest BCUT2D eigenvalue weighted by atomic mass is 10.0. The SMILES string of the molecule is O=C(CNCC1CC1)N1CCc2ccccc2CC1. The Kier molecular flexibility index (Phi) is 3.83. The summed E-state index contributed by atoms with van der Waals surface area (Å²) in [6.07, 6.45) is 4.65. The highest BCUT2D eigenvalue weighted by atomic mass is 16.2. The van der Waals surface area contributed by atoms with Crippen LogP contribution in [0.2, 0.25) is 0 Å². The Morgan fingerprint density at radius 1 is 1.16 bits per heavy atom. The van der Waals surface area contributed by atoms with Crippen molar-refractivity contribution in [3.05, 3.63) is 35.4 Å². The van der Waals surface area contributed by atoms with Crippen molar-refractivity contribution in [1.82, 2.24) is 10.2 Å². The molecule has 0 radical (unpaired) electrons. The zero-order valence-corrected chi connectivity index (χ0v) is 11.4. The minimum Gasteiger partial charge on any atom is -0.341 e. The van der Waals surface area contributed by atoms with Gasteiger partial charge in [-0.1, -0.05) is 24.3 Å². The molecule has 0 bridgehead atoms. The smallest absolute Gasteiger partial charge is 0.236 e. The maximum absolute atomic E-state index is 12.2. The predicted molar refractivity (Wildman–Crippen MR) is 76.0 cm³/mol. The fourth-order valence-electron chi connectivity index (χ4n) is 2.73. The fraction of sp³-hybridized carbons (Fsp3) is 0.562. The van der Waals surface area contributed by atoms with Crippen LogP contribution in [-0.4, -0.2) is 37.0 Å². The van der Waals surface area contributed by atoms with Gasteiger partial charge in [-0.15, -0.1) is 0 Å². The van der Waals surface area contributed by atoms with Gasteiger partial charge in [-0.25, -0.2) is 0 Å². The molecule has 1 N–H and O–H groups in total. The zero-order valence-electron chi connectivity index (χ0n) is 11.4. The van der Waals surface area contributed by atoms with Crippen LogP contribution >= 0.6 is 0 Å². The number of benzene rings is 1. The second-order valence-corrected chi connectivity index (χ2v) is 5.72. The summed E-state index contributed by atoms with van der Waals surface area (Å²) in [5.41, 5.74) is 2.81. The molecule has 1 fully saturated rings. The van der Waals surface area contributed by atoms with Gasteiger partial charge >= 0.3 is 0 Å². The number of hydrogen-bond acceptors (Lipinski definition) is 2. The fourth-order valence-corrected chi connectivity index (χ4v) is 2.73. The van der Waals surface area contributed by atoms with E-state index in [0.717, 1.165) is 38.4 Å². The first-order chi connectivity index (χ1) is 9.33. The number of carbonyl (C=O) groups is 1. The maximum Gasteiger partial charge on any atom is 0.236 e. The minimum absolute atomic E-state index is 0.258. The van der Waals surface area contributed by atoms with Gasteiger partial charge in [0.25, 0.3) is 0 Å². The second kappa shape index (κ2) is 5.74. The molecule has 19 heavy (non-hydrogen) atoms. The summed E-state index contributed by atoms with van der Waals surface area (Å²) in [5.74, 6) is 1.09. The van der Waals surface area contributed by atoms with Gasteiger partial charge in [-0.2, -0.15) is 0 Å². The first-order valence-corrected chi connectivity index (χ1v) is 7.38. The molecule has 0 saturated heterocycles. The topological polar surface area (TPSA) is 32.3 Å². The van der Waals surface area contributed by atoms with Crippen molar-refractivity contribution >= 4 is 5.91 Å². The first kappa shape index (κ1) is 12.7. The third-order valence-corrected chi connectivity index (χ3v) is 4.18. The molecular formula is C16H22N2O. The van der Waals surface area contributed by atoms with E-state index in [1.165, 1.54) is 24.0 Å². The average molecular weight is 258 g/mol. The van der Waals surface area contributed by atoms with E-state index in [2.05, 4.69) is 29.6 Å². The van der Waals surface area contributed by atoms with Crippen molar-refractivity contribution in [3.8, 4) is 0 Å². The zero-order chi connectivity index (χ0) is 13.1. The van der Waals surface area contributed by atoms with Crippen molar-refractivity contribution in [3.63, 3.8) is 0 Å². The molecule has 1 aromatic rings. The lowest BCUT2D eigenvalue weighted by molar-refractivity contribution is -0.130. The van der Waals surface area contributed by atoms with Crippen LogP contribution in [-0.2, 0) is 17.6 Å². The highest BCUT2D eigenvalue weighted by molar-refractivity contribution is 5.78. The van der Waals surface area contributed by atoms with E-state index in [1.54, 1.807) is 0 Å². The molecule has 0 spiro atoms. The minimum atomic E-state index is 0.258. The van der Waals surface area contributed by atoms with Crippen molar-refractivity contribution in [2.24, 2.45) is 5.92 Å². The molecule has 1 saturated carbocycles. The summed E-state index contributed by atoms with van der Waals surface area (Å²) in [6.45, 7) is 3.24. The van der Waals surface area contributed by atoms with Crippen LogP contribution in [0, 0.1) is 5.92 Å². The predicted octanol–water partition coefficient (Wildman–Crippen LogP) is 1.61. The van der Waals surface area contributed by atoms with Gasteiger partial charge in [0.1, 0.15) is 0 Å². The van der Waals surface area contributed by atoms with Crippen LogP contribution in [0.5, 0.6) is 0 Å². The van der Waals surface area contributed by atoms with Crippen molar-refractivity contribution in [1.29, 1.82) is 0 Å². The summed E-state index contributed by atoms with van der Waals surface area (Å²) < 4.78 is 0. The average Bonchev–Trinajstić information content (AvgIpc) is 3.24. The highest BCUT2D eigenvalue weighted by Crippen LogP contribution is 2.27. The number of nitrogens with zero attached hydrogens (tertiary/aromatic N) is 1. The Morgan fingerprint density at radius 3 is 2.37 bits per heavy atom. The van der Waals surface area contributed by atoms with E-state index in [9.17, 15) is 4.79 Å². The Morgan fingerprint density at radius 2 is 1.79 bits per heavy atom. The molecule has 102 valence electrons. The summed E-state index contributed by atoms with van der Waals surface area (Å²) in [5, 5.41) is 3.29. The summed E-state index contributed by atoms with van der Waals surface area (Å²) >= 11 is 0. The lowest BCUT2D eigenvalue weighted by Crippen LogP contribution is -2.40. The number of amides is 1. The van der Waals surface area contributed by atoms with E-state index < -0.39 is 0 Å². The number of hydrogen-bond donors (Lipinski definition) is 1. The number of fused-ring (bicyclic) bond motifs is 1. The lowest BCUT2D eigenvalue weighted by Gasteiger charge is -2.20. The molecule has 1 aliphatic carbocycles. The Bertz CT molecular complexity index is 427. The number of carbonyl (C=O) groups excluding carboxylic acids is 1. The quantitative estimate of drug-likeness (QED) is 0.890. The molecule has 1 amide bonds. The highest BCUT2D eigenvalue weighted by Gasteiger charge is 2.22. The second-order valence-electron chi connectivity index (χ2n) is 5.72. The molecule has 0 unspecified atom stereocenters. The molecule has 0 atom stereocenters. The van der Waals surface area contributed by atoms with Crippen molar-refractivity contribution in [2.45, 2.75) is 25.7 Å². The van der Waals surface area contributed by atoms with Crippen LogP contribution in [0.4, 0.5) is 0 Å². The molecule has 3 nitrogen and oxygen atoms in total. The van der Waals surface area contributed by atoms with Gasteiger partial charge in [-0.05, 0) is 49.3 Å². The molecule has 2 aliphatic rings. The molecule has 3 rings (SSSR count). The molecule has 0 aromatic heterocycles. The van der Waals surface area contributed by atoms with Crippen LogP contribution in [0.1, 0.15) is 24.0 Å².